The molecule has 212 valence electrons. The fourth-order valence-electron chi connectivity index (χ4n) is 5.13. The molecule has 10 heteroatoms. The maximum atomic E-state index is 12.8. The second-order valence-corrected chi connectivity index (χ2v) is 10.5. The number of esters is 1. The van der Waals surface area contributed by atoms with Crippen LogP contribution in [-0.4, -0.2) is 79.2 Å². The van der Waals surface area contributed by atoms with Gasteiger partial charge in [0.05, 0.1) is 22.7 Å². The van der Waals surface area contributed by atoms with Crippen LogP contribution in [0.25, 0.3) is 0 Å². The molecule has 2 aromatic rings. The average molecular weight is 563 g/mol. The summed E-state index contributed by atoms with van der Waals surface area (Å²) in [6.45, 7) is 8.41. The molecule has 2 saturated heterocycles. The first kappa shape index (κ1) is 29.1. The number of carbonyl (C=O) groups is 1. The number of thiocarbonyl (C=S) groups is 1. The van der Waals surface area contributed by atoms with Crippen LogP contribution in [0, 0.1) is 0 Å². The maximum absolute atomic E-state index is 12.8. The molecule has 39 heavy (non-hydrogen) atoms. The summed E-state index contributed by atoms with van der Waals surface area (Å²) in [5, 5.41) is 3.57. The molecule has 0 atom stereocenters. The Morgan fingerprint density at radius 3 is 2.21 bits per heavy atom. The van der Waals surface area contributed by atoms with Gasteiger partial charge in [0, 0.05) is 56.7 Å². The molecule has 0 aliphatic carbocycles. The first-order valence-corrected chi connectivity index (χ1v) is 14.1. The first-order valence-electron chi connectivity index (χ1n) is 13.7. The highest BCUT2D eigenvalue weighted by Gasteiger charge is 2.30. The highest BCUT2D eigenvalue weighted by atomic mass is 32.1. The van der Waals surface area contributed by atoms with E-state index in [0.717, 1.165) is 100.0 Å². The van der Waals surface area contributed by atoms with Gasteiger partial charge in [-0.25, -0.2) is 4.79 Å². The van der Waals surface area contributed by atoms with Gasteiger partial charge in [0.15, 0.2) is 0 Å². The van der Waals surface area contributed by atoms with Gasteiger partial charge in [-0.05, 0) is 87.7 Å². The van der Waals surface area contributed by atoms with Crippen LogP contribution >= 0.6 is 12.2 Å². The molecule has 0 bridgehead atoms. The number of hydrogen-bond acceptors (Lipinski definition) is 6. The molecule has 1 N–H and O–H groups in total. The Bertz CT molecular complexity index is 1080. The zero-order valence-corrected chi connectivity index (χ0v) is 23.2. The zero-order chi connectivity index (χ0) is 27.8. The number of carbonyl (C=O) groups excluding carboxylic acids is 1. The number of piperazine rings is 1. The zero-order valence-electron chi connectivity index (χ0n) is 22.4. The Kier molecular flexibility index (Phi) is 10.1. The van der Waals surface area contributed by atoms with Gasteiger partial charge >= 0.3 is 12.1 Å². The fraction of sp³-hybridized carbons (Fsp3) is 0.517. The number of ether oxygens (including phenoxy) is 1. The molecule has 0 amide bonds. The van der Waals surface area contributed by atoms with Gasteiger partial charge in [-0.2, -0.15) is 13.2 Å². The Morgan fingerprint density at radius 2 is 1.62 bits per heavy atom. The van der Waals surface area contributed by atoms with Crippen molar-refractivity contribution in [3.8, 4) is 0 Å². The van der Waals surface area contributed by atoms with E-state index in [9.17, 15) is 18.0 Å². The van der Waals surface area contributed by atoms with E-state index in [2.05, 4.69) is 20.0 Å². The second-order valence-electron chi connectivity index (χ2n) is 10.1. The molecule has 6 nitrogen and oxygen atoms in total. The van der Waals surface area contributed by atoms with Crippen LogP contribution in [0.15, 0.2) is 48.5 Å². The van der Waals surface area contributed by atoms with Gasteiger partial charge in [0.1, 0.15) is 0 Å². The van der Waals surface area contributed by atoms with Gasteiger partial charge in [0.25, 0.3) is 0 Å². The van der Waals surface area contributed by atoms with Crippen LogP contribution in [-0.2, 0) is 10.9 Å². The smallest absolute Gasteiger partial charge is 0.416 e. The summed E-state index contributed by atoms with van der Waals surface area (Å²) < 4.78 is 43.5. The molecule has 0 spiro atoms. The van der Waals surface area contributed by atoms with Gasteiger partial charge in [-0.15, -0.1) is 0 Å². The van der Waals surface area contributed by atoms with Crippen LogP contribution in [0.5, 0.6) is 0 Å². The number of halogens is 3. The number of nitrogens with zero attached hydrogens (tertiary/aromatic N) is 3. The Morgan fingerprint density at radius 1 is 0.974 bits per heavy atom. The Balaban J connectivity index is 1.11. The molecule has 4 rings (SSSR count). The van der Waals surface area contributed by atoms with Gasteiger partial charge in [-0.1, -0.05) is 12.2 Å². The minimum atomic E-state index is -4.30. The summed E-state index contributed by atoms with van der Waals surface area (Å²) in [7, 11) is 0. The van der Waals surface area contributed by atoms with Gasteiger partial charge in [0.2, 0.25) is 0 Å². The third kappa shape index (κ3) is 8.32. The summed E-state index contributed by atoms with van der Waals surface area (Å²) in [5.74, 6) is -0.300. The lowest BCUT2D eigenvalue weighted by Crippen LogP contribution is -2.47. The van der Waals surface area contributed by atoms with Crippen LogP contribution in [0.2, 0.25) is 0 Å². The van der Waals surface area contributed by atoms with Gasteiger partial charge < -0.3 is 19.9 Å². The highest BCUT2D eigenvalue weighted by Crippen LogP contribution is 2.30. The predicted molar refractivity (Wildman–Crippen MR) is 153 cm³/mol. The van der Waals surface area contributed by atoms with Crippen molar-refractivity contribution in [2.24, 2.45) is 0 Å². The van der Waals surface area contributed by atoms with E-state index < -0.39 is 11.7 Å². The van der Waals surface area contributed by atoms with Crippen molar-refractivity contribution in [2.45, 2.75) is 44.8 Å². The Hall–Kier alpha value is -2.85. The van der Waals surface area contributed by atoms with Crippen molar-refractivity contribution in [3.05, 3.63) is 59.7 Å². The third-order valence-corrected chi connectivity index (χ3v) is 7.87. The number of likely N-dealkylation sites (tertiary alicyclic amines) is 1. The molecule has 2 aliphatic heterocycles. The second kappa shape index (κ2) is 13.5. The summed E-state index contributed by atoms with van der Waals surface area (Å²) in [6.07, 6.45) is -0.394. The molecular formula is C29H37F3N4O2S. The first-order chi connectivity index (χ1) is 18.7. The fourth-order valence-corrected chi connectivity index (χ4v) is 5.46. The largest absolute Gasteiger partial charge is 0.462 e. The van der Waals surface area contributed by atoms with Crippen LogP contribution in [0.4, 0.5) is 24.5 Å². The lowest BCUT2D eigenvalue weighted by molar-refractivity contribution is -0.137. The van der Waals surface area contributed by atoms with E-state index in [-0.39, 0.29) is 5.97 Å². The molecule has 2 fully saturated rings. The number of rotatable bonds is 9. The van der Waals surface area contributed by atoms with E-state index in [1.165, 1.54) is 0 Å². The normalized spacial score (nSPS) is 17.2. The number of hydrogen-bond donors (Lipinski definition) is 1. The quantitative estimate of drug-likeness (QED) is 0.311. The van der Waals surface area contributed by atoms with Crippen LogP contribution in [0.3, 0.4) is 0 Å². The minimum absolute atomic E-state index is 0.300. The van der Waals surface area contributed by atoms with Crippen molar-refractivity contribution in [2.75, 3.05) is 62.6 Å². The molecule has 0 aromatic heterocycles. The summed E-state index contributed by atoms with van der Waals surface area (Å²) in [4.78, 5) is 19.7. The maximum Gasteiger partial charge on any atom is 0.416 e. The molecular weight excluding hydrogens is 525 g/mol. The lowest BCUT2D eigenvalue weighted by Gasteiger charge is -2.37. The predicted octanol–water partition coefficient (Wildman–Crippen LogP) is 5.69. The van der Waals surface area contributed by atoms with Crippen molar-refractivity contribution in [1.82, 2.24) is 9.80 Å². The van der Waals surface area contributed by atoms with E-state index in [0.29, 0.717) is 18.2 Å². The number of benzene rings is 2. The van der Waals surface area contributed by atoms with Crippen molar-refractivity contribution in [3.63, 3.8) is 0 Å². The number of anilines is 2. The molecule has 2 aromatic carbocycles. The molecule has 0 radical (unpaired) electrons. The van der Waals surface area contributed by atoms with Crippen LogP contribution < -0.4 is 10.2 Å². The van der Waals surface area contributed by atoms with Crippen molar-refractivity contribution < 1.29 is 22.7 Å². The van der Waals surface area contributed by atoms with Crippen molar-refractivity contribution in [1.29, 1.82) is 0 Å². The molecule has 2 aliphatic rings. The molecule has 0 unspecified atom stereocenters. The van der Waals surface area contributed by atoms with Crippen molar-refractivity contribution >= 4 is 34.6 Å². The average Bonchev–Trinajstić information content (AvgIpc) is 2.94. The van der Waals surface area contributed by atoms with Crippen LogP contribution in [0.1, 0.15) is 48.5 Å². The number of nitrogens with one attached hydrogen (secondary N) is 1. The minimum Gasteiger partial charge on any atom is -0.462 e. The van der Waals surface area contributed by atoms with E-state index in [1.54, 1.807) is 31.2 Å². The Labute approximate surface area is 234 Å². The van der Waals surface area contributed by atoms with Gasteiger partial charge in [-0.3, -0.25) is 4.90 Å². The molecule has 2 heterocycles. The summed E-state index contributed by atoms with van der Waals surface area (Å²) in [6, 6.07) is 13.3. The summed E-state index contributed by atoms with van der Waals surface area (Å²) in [5.41, 5.74) is 1.80. The standard InChI is InChI=1S/C29H37F3N4O2S/c1-2-38-28(37)22-5-9-24(10-6-22)33-25-13-16-36(17-14-25)27(39)4-3-15-34-18-20-35(21-19-34)26-11-7-23(8-12-26)29(30,31)32/h5-12,25,33H,2-4,13-21H2,1H3. The lowest BCUT2D eigenvalue weighted by atomic mass is 10.0. The topological polar surface area (TPSA) is 48.1 Å². The number of alkyl halides is 3. The number of piperidine rings is 1. The van der Waals surface area contributed by atoms with E-state index >= 15 is 0 Å². The van der Waals surface area contributed by atoms with E-state index in [1.807, 2.05) is 12.1 Å². The highest BCUT2D eigenvalue weighted by molar-refractivity contribution is 7.80. The molecule has 0 saturated carbocycles. The van der Waals surface area contributed by atoms with E-state index in [4.69, 9.17) is 17.0 Å². The summed E-state index contributed by atoms with van der Waals surface area (Å²) >= 11 is 5.74. The monoisotopic (exact) mass is 562 g/mol. The third-order valence-electron chi connectivity index (χ3n) is 7.41. The SMILES string of the molecule is CCOC(=O)c1ccc(NC2CCN(C(=S)CCCN3CCN(c4ccc(C(F)(F)F)cc4)CC3)CC2)cc1.